The number of likely N-dealkylation sites (tertiary alicyclic amines) is 1. The van der Waals surface area contributed by atoms with E-state index in [4.69, 9.17) is 5.26 Å². The van der Waals surface area contributed by atoms with E-state index in [1.807, 2.05) is 6.07 Å². The number of carbonyl (C=O) groups excluding carboxylic acids is 2. The van der Waals surface area contributed by atoms with Crippen LogP contribution < -0.4 is 10.6 Å². The van der Waals surface area contributed by atoms with Crippen LogP contribution in [0.2, 0.25) is 0 Å². The molecular formula is C20H19FN4O2. The fourth-order valence-electron chi connectivity index (χ4n) is 3.05. The molecule has 7 heteroatoms. The van der Waals surface area contributed by atoms with Gasteiger partial charge in [-0.25, -0.2) is 9.18 Å². The van der Waals surface area contributed by atoms with Gasteiger partial charge in [0.2, 0.25) is 5.91 Å². The summed E-state index contributed by atoms with van der Waals surface area (Å²) in [6.07, 6.45) is 0.357. The highest BCUT2D eigenvalue weighted by Crippen LogP contribution is 2.20. The summed E-state index contributed by atoms with van der Waals surface area (Å²) in [6.45, 7) is 1.31. The normalized spacial score (nSPS) is 16.1. The highest BCUT2D eigenvalue weighted by atomic mass is 19.1. The first-order chi connectivity index (χ1) is 13.0. The van der Waals surface area contributed by atoms with Crippen LogP contribution in [0.3, 0.4) is 0 Å². The van der Waals surface area contributed by atoms with Crippen molar-refractivity contribution in [1.82, 2.24) is 10.2 Å². The molecule has 1 aliphatic heterocycles. The van der Waals surface area contributed by atoms with Gasteiger partial charge in [0.25, 0.3) is 0 Å². The third-order valence-electron chi connectivity index (χ3n) is 4.43. The van der Waals surface area contributed by atoms with Crippen LogP contribution >= 0.6 is 0 Å². The third-order valence-corrected chi connectivity index (χ3v) is 4.43. The molecule has 2 aromatic carbocycles. The van der Waals surface area contributed by atoms with Crippen LogP contribution in [0, 0.1) is 23.1 Å². The van der Waals surface area contributed by atoms with Crippen molar-refractivity contribution in [1.29, 1.82) is 5.26 Å². The summed E-state index contributed by atoms with van der Waals surface area (Å²) < 4.78 is 13.0. The first-order valence-electron chi connectivity index (χ1n) is 8.61. The quantitative estimate of drug-likeness (QED) is 0.853. The molecule has 1 heterocycles. The van der Waals surface area contributed by atoms with Gasteiger partial charge in [-0.1, -0.05) is 24.3 Å². The summed E-state index contributed by atoms with van der Waals surface area (Å²) >= 11 is 0. The van der Waals surface area contributed by atoms with E-state index < -0.39 is 6.03 Å². The number of nitrogens with zero attached hydrogens (tertiary/aromatic N) is 2. The van der Waals surface area contributed by atoms with E-state index in [0.717, 1.165) is 5.56 Å². The largest absolute Gasteiger partial charge is 0.338 e. The number of nitriles is 1. The zero-order chi connectivity index (χ0) is 19.2. The van der Waals surface area contributed by atoms with Crippen LogP contribution in [-0.2, 0) is 11.3 Å². The molecule has 1 atom stereocenters. The fourth-order valence-corrected chi connectivity index (χ4v) is 3.05. The number of benzene rings is 2. The van der Waals surface area contributed by atoms with Crippen LogP contribution in [0.15, 0.2) is 48.5 Å². The third kappa shape index (κ3) is 4.82. The Balaban J connectivity index is 1.49. The average Bonchev–Trinajstić information content (AvgIpc) is 3.02. The molecule has 0 saturated carbocycles. The number of amides is 3. The number of nitrogens with one attached hydrogen (secondary N) is 2. The highest BCUT2D eigenvalue weighted by molar-refractivity contribution is 5.90. The van der Waals surface area contributed by atoms with E-state index in [1.54, 1.807) is 41.3 Å². The fraction of sp³-hybridized carbons (Fsp3) is 0.250. The van der Waals surface area contributed by atoms with Gasteiger partial charge < -0.3 is 15.5 Å². The van der Waals surface area contributed by atoms with Gasteiger partial charge in [-0.2, -0.15) is 5.26 Å². The van der Waals surface area contributed by atoms with Crippen molar-refractivity contribution in [3.05, 3.63) is 65.5 Å². The maximum Gasteiger partial charge on any atom is 0.319 e. The molecule has 0 bridgehead atoms. The maximum atomic E-state index is 13.0. The molecule has 0 aliphatic carbocycles. The van der Waals surface area contributed by atoms with Crippen molar-refractivity contribution in [2.24, 2.45) is 5.92 Å². The second-order valence-electron chi connectivity index (χ2n) is 6.46. The number of para-hydroxylation sites is 1. The average molecular weight is 366 g/mol. The molecule has 0 aromatic heterocycles. The van der Waals surface area contributed by atoms with E-state index in [-0.39, 0.29) is 17.6 Å². The van der Waals surface area contributed by atoms with E-state index in [0.29, 0.717) is 37.3 Å². The lowest BCUT2D eigenvalue weighted by Crippen LogP contribution is -2.34. The minimum Gasteiger partial charge on any atom is -0.338 e. The first-order valence-corrected chi connectivity index (χ1v) is 8.61. The van der Waals surface area contributed by atoms with Gasteiger partial charge in [-0.15, -0.1) is 0 Å². The minimum absolute atomic E-state index is 0.00917. The number of hydrogen-bond donors (Lipinski definition) is 2. The molecule has 0 radical (unpaired) electrons. The number of urea groups is 1. The van der Waals surface area contributed by atoms with Crippen LogP contribution in [0.5, 0.6) is 0 Å². The molecule has 1 fully saturated rings. The molecule has 2 N–H and O–H groups in total. The number of carbonyl (C=O) groups is 2. The molecule has 3 rings (SSSR count). The van der Waals surface area contributed by atoms with Crippen LogP contribution in [0.25, 0.3) is 0 Å². The van der Waals surface area contributed by atoms with Crippen molar-refractivity contribution < 1.29 is 14.0 Å². The van der Waals surface area contributed by atoms with E-state index in [9.17, 15) is 14.0 Å². The Labute approximate surface area is 156 Å². The van der Waals surface area contributed by atoms with Crippen LogP contribution in [0.4, 0.5) is 14.9 Å². The smallest absolute Gasteiger partial charge is 0.319 e. The van der Waals surface area contributed by atoms with Crippen LogP contribution in [0.1, 0.15) is 17.5 Å². The summed E-state index contributed by atoms with van der Waals surface area (Å²) in [5.74, 6) is -0.283. The molecule has 1 aliphatic rings. The van der Waals surface area contributed by atoms with Crippen molar-refractivity contribution in [2.75, 3.05) is 18.4 Å². The second kappa shape index (κ2) is 8.32. The monoisotopic (exact) mass is 366 g/mol. The Kier molecular flexibility index (Phi) is 5.67. The van der Waals surface area contributed by atoms with Crippen molar-refractivity contribution in [3.8, 4) is 6.07 Å². The topological polar surface area (TPSA) is 85.2 Å². The lowest BCUT2D eigenvalue weighted by Gasteiger charge is -2.17. The summed E-state index contributed by atoms with van der Waals surface area (Å²) in [5.41, 5.74) is 1.69. The first kappa shape index (κ1) is 18.4. The second-order valence-corrected chi connectivity index (χ2v) is 6.46. The van der Waals surface area contributed by atoms with Crippen molar-refractivity contribution >= 4 is 17.6 Å². The van der Waals surface area contributed by atoms with Gasteiger partial charge in [-0.3, -0.25) is 4.79 Å². The van der Waals surface area contributed by atoms with E-state index in [1.165, 1.54) is 12.1 Å². The number of hydrogen-bond acceptors (Lipinski definition) is 3. The van der Waals surface area contributed by atoms with Gasteiger partial charge >= 0.3 is 6.03 Å². The Bertz CT molecular complexity index is 876. The Morgan fingerprint density at radius 1 is 1.22 bits per heavy atom. The lowest BCUT2D eigenvalue weighted by molar-refractivity contribution is -0.128. The number of anilines is 1. The predicted molar refractivity (Wildman–Crippen MR) is 98.1 cm³/mol. The van der Waals surface area contributed by atoms with Crippen molar-refractivity contribution in [2.45, 2.75) is 13.0 Å². The summed E-state index contributed by atoms with van der Waals surface area (Å²) in [6, 6.07) is 14.4. The SMILES string of the molecule is N#Cc1ccccc1NC(=O)NCC1CC(=O)N(Cc2ccc(F)cc2)C1. The molecule has 138 valence electrons. The molecule has 6 nitrogen and oxygen atoms in total. The molecule has 1 unspecified atom stereocenters. The summed E-state index contributed by atoms with van der Waals surface area (Å²) in [5, 5.41) is 14.4. The van der Waals surface area contributed by atoms with E-state index >= 15 is 0 Å². The number of halogens is 1. The van der Waals surface area contributed by atoms with Gasteiger partial charge in [0, 0.05) is 32.0 Å². The minimum atomic E-state index is -0.415. The van der Waals surface area contributed by atoms with E-state index in [2.05, 4.69) is 10.6 Å². The molecule has 1 saturated heterocycles. The number of rotatable bonds is 5. The zero-order valence-electron chi connectivity index (χ0n) is 14.6. The molecule has 2 aromatic rings. The van der Waals surface area contributed by atoms with Gasteiger partial charge in [0.1, 0.15) is 11.9 Å². The summed E-state index contributed by atoms with van der Waals surface area (Å²) in [7, 11) is 0. The highest BCUT2D eigenvalue weighted by Gasteiger charge is 2.29. The van der Waals surface area contributed by atoms with Gasteiger partial charge in [-0.05, 0) is 29.8 Å². The predicted octanol–water partition coefficient (Wildman–Crippen LogP) is 2.87. The zero-order valence-corrected chi connectivity index (χ0v) is 14.6. The lowest BCUT2D eigenvalue weighted by atomic mass is 10.1. The Hall–Kier alpha value is -3.40. The molecular weight excluding hydrogens is 347 g/mol. The van der Waals surface area contributed by atoms with Crippen LogP contribution in [-0.4, -0.2) is 29.9 Å². The maximum absolute atomic E-state index is 13.0. The Morgan fingerprint density at radius 2 is 1.96 bits per heavy atom. The molecule has 27 heavy (non-hydrogen) atoms. The Morgan fingerprint density at radius 3 is 2.70 bits per heavy atom. The standard InChI is InChI=1S/C20H19FN4O2/c21-17-7-5-14(6-8-17)12-25-13-15(9-19(25)26)11-23-20(27)24-18-4-2-1-3-16(18)10-22/h1-8,15H,9,11-13H2,(H2,23,24,27). The summed E-state index contributed by atoms with van der Waals surface area (Å²) in [4.78, 5) is 25.9. The van der Waals surface area contributed by atoms with Gasteiger partial charge in [0.15, 0.2) is 0 Å². The molecule has 0 spiro atoms. The molecule has 3 amide bonds. The van der Waals surface area contributed by atoms with Gasteiger partial charge in [0.05, 0.1) is 11.3 Å². The van der Waals surface area contributed by atoms with Crippen molar-refractivity contribution in [3.63, 3.8) is 0 Å².